The second kappa shape index (κ2) is 5.86. The highest BCUT2D eigenvalue weighted by Gasteiger charge is 2.23. The van der Waals surface area contributed by atoms with Crippen molar-refractivity contribution < 1.29 is 0 Å². The molecular weight excluding hydrogens is 274 g/mol. The van der Waals surface area contributed by atoms with Gasteiger partial charge in [-0.2, -0.15) is 0 Å². The van der Waals surface area contributed by atoms with Crippen molar-refractivity contribution in [2.45, 2.75) is 42.7 Å². The molecule has 2 aromatic carbocycles. The lowest BCUT2D eigenvalue weighted by Gasteiger charge is -2.26. The Bertz CT molecular complexity index is 616. The molecule has 1 aliphatic heterocycles. The Morgan fingerprint density at radius 3 is 2.57 bits per heavy atom. The van der Waals surface area contributed by atoms with Crippen LogP contribution in [0.5, 0.6) is 0 Å². The van der Waals surface area contributed by atoms with Crippen molar-refractivity contribution in [2.75, 3.05) is 5.75 Å². The van der Waals surface area contributed by atoms with Gasteiger partial charge in [-0.15, -0.1) is 11.8 Å². The van der Waals surface area contributed by atoms with Gasteiger partial charge in [0.1, 0.15) is 0 Å². The van der Waals surface area contributed by atoms with Crippen LogP contribution in [0.3, 0.4) is 0 Å². The molecule has 0 amide bonds. The molecule has 2 heteroatoms. The number of fused-ring (bicyclic) bond motifs is 1. The maximum atomic E-state index is 3.75. The number of rotatable bonds is 4. The number of hydrogen-bond acceptors (Lipinski definition) is 2. The molecule has 0 bridgehead atoms. The normalized spacial score (nSPS) is 21.0. The van der Waals surface area contributed by atoms with E-state index in [1.165, 1.54) is 46.6 Å². The smallest absolute Gasteiger partial charge is 0.0342 e. The van der Waals surface area contributed by atoms with Crippen LogP contribution in [0.4, 0.5) is 0 Å². The van der Waals surface area contributed by atoms with Gasteiger partial charge in [-0.3, -0.25) is 0 Å². The summed E-state index contributed by atoms with van der Waals surface area (Å²) in [6.07, 6.45) is 3.99. The fourth-order valence-corrected chi connectivity index (χ4v) is 4.24. The van der Waals surface area contributed by atoms with Crippen LogP contribution in [0.1, 0.15) is 47.9 Å². The molecule has 1 fully saturated rings. The third kappa shape index (κ3) is 3.02. The summed E-state index contributed by atoms with van der Waals surface area (Å²) in [6, 6.07) is 18.6. The van der Waals surface area contributed by atoms with Gasteiger partial charge in [0.05, 0.1) is 0 Å². The highest BCUT2D eigenvalue weighted by molar-refractivity contribution is 7.99. The molecule has 1 heterocycles. The van der Waals surface area contributed by atoms with Crippen LogP contribution in [0.2, 0.25) is 0 Å². The van der Waals surface area contributed by atoms with E-state index in [4.69, 9.17) is 0 Å². The molecule has 0 spiro atoms. The molecule has 1 unspecified atom stereocenters. The first-order valence-electron chi connectivity index (χ1n) is 7.94. The lowest BCUT2D eigenvalue weighted by Crippen LogP contribution is -2.24. The van der Waals surface area contributed by atoms with E-state index < -0.39 is 0 Å². The van der Waals surface area contributed by atoms with Gasteiger partial charge in [-0.1, -0.05) is 42.5 Å². The molecule has 4 rings (SSSR count). The Labute approximate surface area is 131 Å². The van der Waals surface area contributed by atoms with Crippen LogP contribution in [0.25, 0.3) is 0 Å². The zero-order valence-electron chi connectivity index (χ0n) is 12.2. The maximum Gasteiger partial charge on any atom is 0.0342 e. The van der Waals surface area contributed by atoms with Crippen LogP contribution in [0, 0.1) is 0 Å². The van der Waals surface area contributed by atoms with Crippen molar-refractivity contribution >= 4 is 11.8 Å². The Hall–Kier alpha value is -1.25. The summed E-state index contributed by atoms with van der Waals surface area (Å²) in [4.78, 5) is 1.45. The molecule has 1 N–H and O–H groups in total. The first-order chi connectivity index (χ1) is 10.4. The minimum Gasteiger partial charge on any atom is -0.306 e. The zero-order chi connectivity index (χ0) is 14.1. The van der Waals surface area contributed by atoms with Crippen LogP contribution in [-0.2, 0) is 6.54 Å². The van der Waals surface area contributed by atoms with Crippen LogP contribution >= 0.6 is 11.8 Å². The van der Waals surface area contributed by atoms with Crippen molar-refractivity contribution in [1.29, 1.82) is 0 Å². The van der Waals surface area contributed by atoms with Crippen LogP contribution in [-0.4, -0.2) is 5.75 Å². The number of thioether (sulfide) groups is 1. The van der Waals surface area contributed by atoms with E-state index in [0.29, 0.717) is 6.04 Å². The monoisotopic (exact) mass is 295 g/mol. The zero-order valence-corrected chi connectivity index (χ0v) is 13.0. The SMILES string of the molecule is c1ccc2c(c1)SCCC2NCc1ccc(C2CC2)cc1. The van der Waals surface area contributed by atoms with E-state index >= 15 is 0 Å². The molecule has 2 aliphatic rings. The lowest BCUT2D eigenvalue weighted by molar-refractivity contribution is 0.510. The summed E-state index contributed by atoms with van der Waals surface area (Å²) in [5.74, 6) is 2.07. The van der Waals surface area contributed by atoms with Crippen molar-refractivity contribution in [3.8, 4) is 0 Å². The van der Waals surface area contributed by atoms with E-state index in [1.54, 1.807) is 0 Å². The fourth-order valence-electron chi connectivity index (χ4n) is 3.12. The molecule has 1 nitrogen and oxygen atoms in total. The van der Waals surface area contributed by atoms with Gasteiger partial charge in [-0.05, 0) is 53.7 Å². The molecule has 108 valence electrons. The van der Waals surface area contributed by atoms with Gasteiger partial charge in [0, 0.05) is 17.5 Å². The quantitative estimate of drug-likeness (QED) is 0.862. The Balaban J connectivity index is 1.42. The standard InChI is InChI=1S/C19H21NS/c1-2-4-19-17(3-1)18(11-12-21-19)20-13-14-5-7-15(8-6-14)16-9-10-16/h1-8,16,18,20H,9-13H2. The molecular formula is C19H21NS. The Kier molecular flexibility index (Phi) is 3.74. The van der Waals surface area contributed by atoms with Crippen LogP contribution < -0.4 is 5.32 Å². The van der Waals surface area contributed by atoms with E-state index in [0.717, 1.165) is 12.5 Å². The van der Waals surface area contributed by atoms with Gasteiger partial charge in [0.15, 0.2) is 0 Å². The first-order valence-corrected chi connectivity index (χ1v) is 8.92. The third-order valence-electron chi connectivity index (χ3n) is 4.54. The van der Waals surface area contributed by atoms with Gasteiger partial charge in [0.2, 0.25) is 0 Å². The van der Waals surface area contributed by atoms with Crippen molar-refractivity contribution in [2.24, 2.45) is 0 Å². The Morgan fingerprint density at radius 2 is 1.76 bits per heavy atom. The number of benzene rings is 2. The summed E-state index contributed by atoms with van der Waals surface area (Å²) in [5.41, 5.74) is 4.40. The average molecular weight is 295 g/mol. The topological polar surface area (TPSA) is 12.0 Å². The fraction of sp³-hybridized carbons (Fsp3) is 0.368. The van der Waals surface area contributed by atoms with Gasteiger partial charge in [0.25, 0.3) is 0 Å². The second-order valence-electron chi connectivity index (χ2n) is 6.12. The molecule has 1 saturated carbocycles. The average Bonchev–Trinajstić information content (AvgIpc) is 3.38. The first kappa shape index (κ1) is 13.4. The number of hydrogen-bond donors (Lipinski definition) is 1. The van der Waals surface area contributed by atoms with Gasteiger partial charge in [-0.25, -0.2) is 0 Å². The molecule has 0 radical (unpaired) electrons. The molecule has 2 aromatic rings. The summed E-state index contributed by atoms with van der Waals surface area (Å²) < 4.78 is 0. The van der Waals surface area contributed by atoms with Crippen molar-refractivity contribution in [3.63, 3.8) is 0 Å². The largest absolute Gasteiger partial charge is 0.306 e. The third-order valence-corrected chi connectivity index (χ3v) is 5.66. The number of nitrogens with one attached hydrogen (secondary N) is 1. The maximum absolute atomic E-state index is 3.75. The molecule has 0 aromatic heterocycles. The summed E-state index contributed by atoms with van der Waals surface area (Å²) in [6.45, 7) is 0.967. The lowest BCUT2D eigenvalue weighted by atomic mass is 10.0. The summed E-state index contributed by atoms with van der Waals surface area (Å²) in [5, 5.41) is 3.75. The molecule has 1 aliphatic carbocycles. The summed E-state index contributed by atoms with van der Waals surface area (Å²) >= 11 is 1.99. The van der Waals surface area contributed by atoms with Gasteiger partial charge < -0.3 is 5.32 Å². The summed E-state index contributed by atoms with van der Waals surface area (Å²) in [7, 11) is 0. The van der Waals surface area contributed by atoms with Gasteiger partial charge >= 0.3 is 0 Å². The second-order valence-corrected chi connectivity index (χ2v) is 7.26. The van der Waals surface area contributed by atoms with Crippen LogP contribution in [0.15, 0.2) is 53.4 Å². The predicted octanol–water partition coefficient (Wildman–Crippen LogP) is 4.89. The highest BCUT2D eigenvalue weighted by Crippen LogP contribution is 2.40. The van der Waals surface area contributed by atoms with E-state index in [2.05, 4.69) is 53.8 Å². The minimum absolute atomic E-state index is 0.505. The minimum atomic E-state index is 0.505. The Morgan fingerprint density at radius 1 is 0.952 bits per heavy atom. The highest BCUT2D eigenvalue weighted by atomic mass is 32.2. The molecule has 1 atom stereocenters. The van der Waals surface area contributed by atoms with E-state index in [9.17, 15) is 0 Å². The predicted molar refractivity (Wildman–Crippen MR) is 89.8 cm³/mol. The van der Waals surface area contributed by atoms with Crippen molar-refractivity contribution in [3.05, 3.63) is 65.2 Å². The molecule has 21 heavy (non-hydrogen) atoms. The molecule has 0 saturated heterocycles. The van der Waals surface area contributed by atoms with E-state index in [1.807, 2.05) is 11.8 Å². The van der Waals surface area contributed by atoms with Crippen molar-refractivity contribution in [1.82, 2.24) is 5.32 Å². The van der Waals surface area contributed by atoms with E-state index in [-0.39, 0.29) is 0 Å².